The topological polar surface area (TPSA) is 92.1 Å². The first-order valence-corrected chi connectivity index (χ1v) is 10.6. The minimum Gasteiger partial charge on any atom is -0.352 e. The summed E-state index contributed by atoms with van der Waals surface area (Å²) < 4.78 is 1.91. The van der Waals surface area contributed by atoms with E-state index in [9.17, 15) is 4.79 Å². The van der Waals surface area contributed by atoms with E-state index in [0.29, 0.717) is 25.5 Å². The number of pyridine rings is 1. The van der Waals surface area contributed by atoms with E-state index in [2.05, 4.69) is 30.4 Å². The summed E-state index contributed by atoms with van der Waals surface area (Å²) in [6.07, 6.45) is 3.49. The first kappa shape index (κ1) is 19.9. The van der Waals surface area contributed by atoms with Crippen molar-refractivity contribution in [3.8, 4) is 0 Å². The van der Waals surface area contributed by atoms with Gasteiger partial charge in [-0.25, -0.2) is 9.97 Å². The predicted octanol–water partition coefficient (Wildman–Crippen LogP) is 2.62. The van der Waals surface area contributed by atoms with Crippen molar-refractivity contribution in [1.82, 2.24) is 29.6 Å². The molecule has 1 saturated heterocycles. The van der Waals surface area contributed by atoms with E-state index in [1.165, 1.54) is 0 Å². The predicted molar refractivity (Wildman–Crippen MR) is 123 cm³/mol. The van der Waals surface area contributed by atoms with Crippen LogP contribution in [0.15, 0.2) is 61.1 Å². The number of hydrogen-bond acceptors (Lipinski definition) is 7. The molecule has 0 saturated carbocycles. The van der Waals surface area contributed by atoms with Gasteiger partial charge in [0.2, 0.25) is 5.91 Å². The number of para-hydroxylation sites is 2. The van der Waals surface area contributed by atoms with Gasteiger partial charge in [-0.2, -0.15) is 0 Å². The van der Waals surface area contributed by atoms with Crippen molar-refractivity contribution in [3.63, 3.8) is 0 Å². The van der Waals surface area contributed by atoms with Crippen molar-refractivity contribution >= 4 is 34.4 Å². The lowest BCUT2D eigenvalue weighted by atomic mass is 10.3. The number of imidazole rings is 1. The van der Waals surface area contributed by atoms with Crippen molar-refractivity contribution in [1.29, 1.82) is 0 Å². The fourth-order valence-corrected chi connectivity index (χ4v) is 3.86. The fraction of sp³-hybridized carbons (Fsp3) is 0.261. The number of nitrogens with zero attached hydrogens (tertiary/aromatic N) is 7. The van der Waals surface area contributed by atoms with Crippen LogP contribution in [-0.4, -0.2) is 61.7 Å². The number of carbonyl (C=O) groups excluding carboxylic acids is 1. The highest BCUT2D eigenvalue weighted by molar-refractivity contribution is 5.80. The Labute approximate surface area is 185 Å². The minimum absolute atomic E-state index is 0.101. The van der Waals surface area contributed by atoms with E-state index < -0.39 is 0 Å². The highest BCUT2D eigenvalue weighted by Gasteiger charge is 2.22. The molecule has 4 aromatic rings. The van der Waals surface area contributed by atoms with Crippen molar-refractivity contribution in [3.05, 3.63) is 66.6 Å². The maximum absolute atomic E-state index is 12.8. The maximum Gasteiger partial charge on any atom is 0.242 e. The van der Waals surface area contributed by atoms with Crippen molar-refractivity contribution in [2.24, 2.45) is 0 Å². The van der Waals surface area contributed by atoms with Crippen LogP contribution >= 0.6 is 0 Å². The van der Waals surface area contributed by atoms with E-state index >= 15 is 0 Å². The van der Waals surface area contributed by atoms with E-state index in [-0.39, 0.29) is 5.91 Å². The molecule has 0 unspecified atom stereocenters. The number of aryl methyl sites for hydroxylation is 1. The van der Waals surface area contributed by atoms with Crippen LogP contribution in [0.3, 0.4) is 0 Å². The van der Waals surface area contributed by atoms with Gasteiger partial charge in [0, 0.05) is 32.4 Å². The molecular formula is C23H24N8O. The number of amides is 1. The lowest BCUT2D eigenvalue weighted by molar-refractivity contribution is -0.132. The Morgan fingerprint density at radius 1 is 0.969 bits per heavy atom. The van der Waals surface area contributed by atoms with Gasteiger partial charge in [-0.15, -0.1) is 10.2 Å². The SMILES string of the molecule is Cc1ccnc(Nc2ccc(N3CCN(C(=O)Cn4cnc5ccccc54)CC3)nn2)c1. The van der Waals surface area contributed by atoms with Crippen molar-refractivity contribution < 1.29 is 4.79 Å². The second kappa shape index (κ2) is 8.62. The third kappa shape index (κ3) is 4.22. The smallest absolute Gasteiger partial charge is 0.242 e. The molecule has 32 heavy (non-hydrogen) atoms. The molecule has 9 nitrogen and oxygen atoms in total. The number of aromatic nitrogens is 5. The fourth-order valence-electron chi connectivity index (χ4n) is 3.86. The Morgan fingerprint density at radius 3 is 2.59 bits per heavy atom. The summed E-state index contributed by atoms with van der Waals surface area (Å²) in [7, 11) is 0. The van der Waals surface area contributed by atoms with Crippen LogP contribution in [0.1, 0.15) is 5.56 Å². The third-order valence-corrected chi connectivity index (χ3v) is 5.61. The molecule has 9 heteroatoms. The average molecular weight is 429 g/mol. The van der Waals surface area contributed by atoms with Crippen molar-refractivity contribution in [2.75, 3.05) is 36.4 Å². The molecule has 1 N–H and O–H groups in total. The Balaban J connectivity index is 1.17. The van der Waals surface area contributed by atoms with Gasteiger partial charge >= 0.3 is 0 Å². The van der Waals surface area contributed by atoms with E-state index in [4.69, 9.17) is 0 Å². The maximum atomic E-state index is 12.8. The first-order valence-electron chi connectivity index (χ1n) is 10.6. The second-order valence-electron chi connectivity index (χ2n) is 7.85. The number of fused-ring (bicyclic) bond motifs is 1. The van der Waals surface area contributed by atoms with Gasteiger partial charge in [0.25, 0.3) is 0 Å². The summed E-state index contributed by atoms with van der Waals surface area (Å²) in [5, 5.41) is 11.8. The number of anilines is 3. The van der Waals surface area contributed by atoms with E-state index in [1.807, 2.05) is 64.9 Å². The molecule has 0 radical (unpaired) electrons. The van der Waals surface area contributed by atoms with Crippen LogP contribution in [0.2, 0.25) is 0 Å². The monoisotopic (exact) mass is 428 g/mol. The Kier molecular flexibility index (Phi) is 5.37. The van der Waals surface area contributed by atoms with Crippen LogP contribution in [0, 0.1) is 6.92 Å². The number of carbonyl (C=O) groups is 1. The highest BCUT2D eigenvalue weighted by atomic mass is 16.2. The van der Waals surface area contributed by atoms with Crippen LogP contribution in [0.4, 0.5) is 17.5 Å². The second-order valence-corrected chi connectivity index (χ2v) is 7.85. The lowest BCUT2D eigenvalue weighted by Gasteiger charge is -2.35. The zero-order valence-corrected chi connectivity index (χ0v) is 17.8. The Hall–Kier alpha value is -4.01. The molecule has 1 aromatic carbocycles. The van der Waals surface area contributed by atoms with Gasteiger partial charge in [-0.3, -0.25) is 4.79 Å². The standard InChI is InChI=1S/C23H24N8O/c1-17-8-9-24-21(14-17)26-20-6-7-22(28-27-20)29-10-12-30(13-11-29)23(32)15-31-16-25-18-4-2-3-5-19(18)31/h2-9,14,16H,10-13,15H2,1H3,(H,24,26,27). The van der Waals surface area contributed by atoms with E-state index in [1.54, 1.807) is 12.5 Å². The first-order chi connectivity index (χ1) is 15.7. The van der Waals surface area contributed by atoms with Crippen molar-refractivity contribution in [2.45, 2.75) is 13.5 Å². The number of benzene rings is 1. The van der Waals surface area contributed by atoms with Crippen LogP contribution in [0.25, 0.3) is 11.0 Å². The molecule has 162 valence electrons. The molecule has 1 fully saturated rings. The molecule has 0 bridgehead atoms. The summed E-state index contributed by atoms with van der Waals surface area (Å²) in [5.41, 5.74) is 3.00. The van der Waals surface area contributed by atoms with Crippen LogP contribution in [-0.2, 0) is 11.3 Å². The number of rotatable bonds is 5. The minimum atomic E-state index is 0.101. The van der Waals surface area contributed by atoms with E-state index in [0.717, 1.165) is 41.3 Å². The normalized spacial score (nSPS) is 14.0. The third-order valence-electron chi connectivity index (χ3n) is 5.61. The largest absolute Gasteiger partial charge is 0.352 e. The average Bonchev–Trinajstić information content (AvgIpc) is 3.22. The van der Waals surface area contributed by atoms with Crippen LogP contribution in [0.5, 0.6) is 0 Å². The summed E-state index contributed by atoms with van der Waals surface area (Å²) >= 11 is 0. The molecule has 0 aliphatic carbocycles. The number of hydrogen-bond donors (Lipinski definition) is 1. The van der Waals surface area contributed by atoms with Gasteiger partial charge in [-0.05, 0) is 48.9 Å². The highest BCUT2D eigenvalue weighted by Crippen LogP contribution is 2.18. The summed E-state index contributed by atoms with van der Waals surface area (Å²) in [6.45, 7) is 5.06. The molecule has 3 aromatic heterocycles. The number of piperazine rings is 1. The van der Waals surface area contributed by atoms with Gasteiger partial charge in [0.1, 0.15) is 12.4 Å². The van der Waals surface area contributed by atoms with Crippen LogP contribution < -0.4 is 10.2 Å². The summed E-state index contributed by atoms with van der Waals surface area (Å²) in [4.78, 5) is 25.5. The van der Waals surface area contributed by atoms with Gasteiger partial charge in [0.05, 0.1) is 17.4 Å². The zero-order valence-electron chi connectivity index (χ0n) is 17.8. The quantitative estimate of drug-likeness (QED) is 0.522. The molecule has 1 amide bonds. The lowest BCUT2D eigenvalue weighted by Crippen LogP contribution is -2.49. The van der Waals surface area contributed by atoms with Gasteiger partial charge in [0.15, 0.2) is 11.6 Å². The Morgan fingerprint density at radius 2 is 1.81 bits per heavy atom. The summed E-state index contributed by atoms with van der Waals surface area (Å²) in [6, 6.07) is 15.6. The zero-order chi connectivity index (χ0) is 21.9. The molecule has 1 aliphatic heterocycles. The van der Waals surface area contributed by atoms with Gasteiger partial charge in [-0.1, -0.05) is 12.1 Å². The number of nitrogens with one attached hydrogen (secondary N) is 1. The molecule has 5 rings (SSSR count). The molecule has 0 atom stereocenters. The van der Waals surface area contributed by atoms with Gasteiger partial charge < -0.3 is 19.7 Å². The molecule has 0 spiro atoms. The molecular weight excluding hydrogens is 404 g/mol. The molecule has 1 aliphatic rings. The summed E-state index contributed by atoms with van der Waals surface area (Å²) in [5.74, 6) is 2.29. The Bertz CT molecular complexity index is 1230. The molecule has 4 heterocycles.